The average Bonchev–Trinajstić information content (AvgIpc) is 3.23. The average molecular weight is 483 g/mol. The number of sulfonamides is 1. The maximum absolute atomic E-state index is 12.7. The Morgan fingerprint density at radius 2 is 1.94 bits per heavy atom. The van der Waals surface area contributed by atoms with E-state index in [4.69, 9.17) is 4.74 Å². The fraction of sp³-hybridized carbons (Fsp3) is 0.429. The second-order valence-corrected chi connectivity index (χ2v) is 11.7. The van der Waals surface area contributed by atoms with Crippen molar-refractivity contribution >= 4 is 31.6 Å². The topological polar surface area (TPSA) is 129 Å². The third kappa shape index (κ3) is 5.11. The van der Waals surface area contributed by atoms with Crippen LogP contribution >= 0.6 is 0 Å². The molecule has 0 spiro atoms. The van der Waals surface area contributed by atoms with Crippen LogP contribution in [0.4, 0.5) is 0 Å². The number of aromatic nitrogens is 1. The Labute approximate surface area is 187 Å². The molecular weight excluding hydrogens is 456 g/mol. The van der Waals surface area contributed by atoms with E-state index in [1.54, 1.807) is 26.8 Å². The molecule has 1 aromatic heterocycles. The van der Waals surface area contributed by atoms with Gasteiger partial charge in [-0.3, -0.25) is 4.79 Å². The van der Waals surface area contributed by atoms with Crippen LogP contribution < -0.4 is 4.72 Å². The molecule has 1 N–H and O–H groups in total. The van der Waals surface area contributed by atoms with Crippen molar-refractivity contribution in [3.8, 4) is 0 Å². The number of hydrogen-bond acceptors (Lipinski definition) is 7. The first-order valence-corrected chi connectivity index (χ1v) is 13.4. The molecule has 1 atom stereocenters. The van der Waals surface area contributed by atoms with Gasteiger partial charge >= 0.3 is 5.97 Å². The van der Waals surface area contributed by atoms with Crippen LogP contribution in [-0.2, 0) is 24.6 Å². The van der Waals surface area contributed by atoms with Crippen LogP contribution in [0, 0.1) is 13.8 Å². The number of benzene rings is 1. The fourth-order valence-corrected chi connectivity index (χ4v) is 6.74. The quantitative estimate of drug-likeness (QED) is 0.449. The van der Waals surface area contributed by atoms with Gasteiger partial charge in [0.15, 0.2) is 16.4 Å². The molecule has 32 heavy (non-hydrogen) atoms. The zero-order chi connectivity index (χ0) is 23.7. The monoisotopic (exact) mass is 482 g/mol. The number of ether oxygens (including phenoxy) is 1. The highest BCUT2D eigenvalue weighted by Gasteiger charge is 2.31. The number of rotatable bonds is 8. The number of nitrogens with one attached hydrogen (secondary N) is 1. The maximum atomic E-state index is 12.7. The van der Waals surface area contributed by atoms with E-state index in [9.17, 15) is 26.4 Å². The van der Waals surface area contributed by atoms with E-state index in [0.717, 1.165) is 5.69 Å². The summed E-state index contributed by atoms with van der Waals surface area (Å²) >= 11 is 0. The first-order valence-electron chi connectivity index (χ1n) is 10.1. The summed E-state index contributed by atoms with van der Waals surface area (Å²) in [6.45, 7) is 4.87. The molecule has 1 aliphatic rings. The van der Waals surface area contributed by atoms with Gasteiger partial charge in [-0.05, 0) is 44.5 Å². The number of esters is 1. The first-order chi connectivity index (χ1) is 14.9. The maximum Gasteiger partial charge on any atom is 0.338 e. The van der Waals surface area contributed by atoms with Crippen LogP contribution in [0.5, 0.6) is 0 Å². The molecule has 0 aliphatic carbocycles. The van der Waals surface area contributed by atoms with Crippen molar-refractivity contribution in [2.45, 2.75) is 38.1 Å². The Bertz CT molecular complexity index is 1260. The Hall–Kier alpha value is -2.50. The molecule has 0 amide bonds. The Morgan fingerprint density at radius 3 is 2.56 bits per heavy atom. The summed E-state index contributed by atoms with van der Waals surface area (Å²) in [5, 5.41) is 0. The van der Waals surface area contributed by atoms with Gasteiger partial charge in [0.25, 0.3) is 0 Å². The number of nitrogens with zero attached hydrogens (tertiary/aromatic N) is 1. The number of carbonyl (C=O) groups excluding carboxylic acids is 2. The number of aryl methyl sites for hydroxylation is 1. The molecule has 1 unspecified atom stereocenters. The third-order valence-electron chi connectivity index (χ3n) is 5.41. The first kappa shape index (κ1) is 24.1. The molecule has 0 bridgehead atoms. The van der Waals surface area contributed by atoms with Crippen LogP contribution in [0.1, 0.15) is 51.5 Å². The molecule has 1 saturated heterocycles. The summed E-state index contributed by atoms with van der Waals surface area (Å²) in [4.78, 5) is 25.0. The predicted octanol–water partition coefficient (Wildman–Crippen LogP) is 1.80. The summed E-state index contributed by atoms with van der Waals surface area (Å²) in [6, 6.07) is 6.83. The molecule has 1 fully saturated rings. The van der Waals surface area contributed by atoms with Crippen LogP contribution in [0.3, 0.4) is 0 Å². The Kier molecular flexibility index (Phi) is 6.91. The minimum Gasteiger partial charge on any atom is -0.454 e. The second kappa shape index (κ2) is 9.16. The van der Waals surface area contributed by atoms with Crippen molar-refractivity contribution in [2.24, 2.45) is 0 Å². The molecule has 1 aliphatic heterocycles. The van der Waals surface area contributed by atoms with Gasteiger partial charge in [-0.2, -0.15) is 0 Å². The van der Waals surface area contributed by atoms with E-state index >= 15 is 0 Å². The molecule has 11 heteroatoms. The number of carbonyl (C=O) groups is 2. The lowest BCUT2D eigenvalue weighted by atomic mass is 10.1. The van der Waals surface area contributed by atoms with Gasteiger partial charge in [0.2, 0.25) is 15.8 Å². The van der Waals surface area contributed by atoms with Crippen LogP contribution in [0.2, 0.25) is 0 Å². The SMILES string of the molecule is CCNS(=O)(=O)c1cccc(C(=O)OCC(=O)c2cc(C)n(C3CCS(=O)(=O)C3)c2C)c1. The zero-order valence-corrected chi connectivity index (χ0v) is 19.8. The fourth-order valence-electron chi connectivity index (χ4n) is 3.96. The standard InChI is InChI=1S/C21H26N2O7S2/c1-4-22-32(28,29)18-7-5-6-16(11-18)21(25)30-12-20(24)19-10-14(2)23(15(19)3)17-8-9-31(26,27)13-17/h5-7,10-11,17,22H,4,8-9,12-13H2,1-3H3. The second-order valence-electron chi connectivity index (χ2n) is 7.74. The summed E-state index contributed by atoms with van der Waals surface area (Å²) < 4.78 is 57.2. The molecule has 1 aromatic carbocycles. The van der Waals surface area contributed by atoms with Gasteiger partial charge < -0.3 is 9.30 Å². The molecule has 9 nitrogen and oxygen atoms in total. The van der Waals surface area contributed by atoms with Gasteiger partial charge in [0, 0.05) is 29.5 Å². The Balaban J connectivity index is 1.72. The number of sulfone groups is 1. The highest BCUT2D eigenvalue weighted by atomic mass is 32.2. The summed E-state index contributed by atoms with van der Waals surface area (Å²) in [5.41, 5.74) is 1.77. The van der Waals surface area contributed by atoms with Crippen LogP contribution in [0.25, 0.3) is 0 Å². The van der Waals surface area contributed by atoms with Crippen molar-refractivity contribution in [1.82, 2.24) is 9.29 Å². The normalized spacial score (nSPS) is 17.9. The van der Waals surface area contributed by atoms with E-state index in [0.29, 0.717) is 17.7 Å². The van der Waals surface area contributed by atoms with Crippen molar-refractivity contribution in [1.29, 1.82) is 0 Å². The highest BCUT2D eigenvalue weighted by molar-refractivity contribution is 7.91. The number of Topliss-reactive ketones (excluding diaryl/α,β-unsaturated/α-hetero) is 1. The van der Waals surface area contributed by atoms with E-state index in [1.807, 2.05) is 4.57 Å². The minimum atomic E-state index is -3.74. The van der Waals surface area contributed by atoms with E-state index in [1.165, 1.54) is 24.3 Å². The van der Waals surface area contributed by atoms with Crippen molar-refractivity contribution < 1.29 is 31.2 Å². The summed E-state index contributed by atoms with van der Waals surface area (Å²) in [5.74, 6) is -1.08. The van der Waals surface area contributed by atoms with Gasteiger partial charge in [0.1, 0.15) is 0 Å². The smallest absolute Gasteiger partial charge is 0.338 e. The lowest BCUT2D eigenvalue weighted by Gasteiger charge is -2.16. The van der Waals surface area contributed by atoms with Gasteiger partial charge in [-0.25, -0.2) is 26.4 Å². The van der Waals surface area contributed by atoms with Crippen molar-refractivity contribution in [3.05, 3.63) is 52.8 Å². The predicted molar refractivity (Wildman–Crippen MR) is 118 cm³/mol. The summed E-state index contributed by atoms with van der Waals surface area (Å²) in [6.07, 6.45) is 0.493. The molecule has 0 radical (unpaired) electrons. The lowest BCUT2D eigenvalue weighted by molar-refractivity contribution is 0.0474. The van der Waals surface area contributed by atoms with Crippen LogP contribution in [-0.4, -0.2) is 57.8 Å². The molecular formula is C21H26N2O7S2. The van der Waals surface area contributed by atoms with Crippen molar-refractivity contribution in [3.63, 3.8) is 0 Å². The molecule has 2 heterocycles. The van der Waals surface area contributed by atoms with Gasteiger partial charge in [0.05, 0.1) is 22.0 Å². The van der Waals surface area contributed by atoms with E-state index in [2.05, 4.69) is 4.72 Å². The number of hydrogen-bond donors (Lipinski definition) is 1. The van der Waals surface area contributed by atoms with Crippen LogP contribution in [0.15, 0.2) is 35.2 Å². The Morgan fingerprint density at radius 1 is 1.22 bits per heavy atom. The molecule has 2 aromatic rings. The highest BCUT2D eigenvalue weighted by Crippen LogP contribution is 2.29. The van der Waals surface area contributed by atoms with Gasteiger partial charge in [-0.15, -0.1) is 0 Å². The largest absolute Gasteiger partial charge is 0.454 e. The lowest BCUT2D eigenvalue weighted by Crippen LogP contribution is -2.23. The minimum absolute atomic E-state index is 0.0124. The summed E-state index contributed by atoms with van der Waals surface area (Å²) in [7, 11) is -6.82. The van der Waals surface area contributed by atoms with Gasteiger partial charge in [-0.1, -0.05) is 13.0 Å². The van der Waals surface area contributed by atoms with E-state index < -0.39 is 38.2 Å². The third-order valence-corrected chi connectivity index (χ3v) is 8.70. The van der Waals surface area contributed by atoms with E-state index in [-0.39, 0.29) is 34.6 Å². The molecule has 3 rings (SSSR count). The number of ketones is 1. The molecule has 0 saturated carbocycles. The molecule has 174 valence electrons. The zero-order valence-electron chi connectivity index (χ0n) is 18.1. The van der Waals surface area contributed by atoms with Crippen molar-refractivity contribution in [2.75, 3.05) is 24.7 Å².